The lowest BCUT2D eigenvalue weighted by Crippen LogP contribution is -2.31. The summed E-state index contributed by atoms with van der Waals surface area (Å²) in [6.07, 6.45) is 4.82. The van der Waals surface area contributed by atoms with Crippen LogP contribution in [-0.4, -0.2) is 17.1 Å². The number of carboxylic acid groups (broad SMARTS) is 1. The lowest BCUT2D eigenvalue weighted by atomic mass is 10.1. The summed E-state index contributed by atoms with van der Waals surface area (Å²) in [6.45, 7) is 0. The van der Waals surface area contributed by atoms with E-state index in [1.54, 1.807) is 0 Å². The van der Waals surface area contributed by atoms with Gasteiger partial charge in [0.2, 0.25) is 0 Å². The van der Waals surface area contributed by atoms with Gasteiger partial charge in [0.1, 0.15) is 6.04 Å². The number of rotatable bonds is 2. The molecule has 3 heteroatoms. The van der Waals surface area contributed by atoms with E-state index >= 15 is 0 Å². The van der Waals surface area contributed by atoms with E-state index in [-0.39, 0.29) is 0 Å². The van der Waals surface area contributed by atoms with Gasteiger partial charge < -0.3 is 10.8 Å². The van der Waals surface area contributed by atoms with Crippen molar-refractivity contribution in [2.24, 2.45) is 5.73 Å². The van der Waals surface area contributed by atoms with Gasteiger partial charge in [-0.25, -0.2) is 0 Å². The van der Waals surface area contributed by atoms with Gasteiger partial charge in [-0.3, -0.25) is 4.79 Å². The second-order valence-corrected chi connectivity index (χ2v) is 2.49. The van der Waals surface area contributed by atoms with Crippen molar-refractivity contribution >= 4 is 5.97 Å². The van der Waals surface area contributed by atoms with Gasteiger partial charge in [-0.2, -0.15) is 0 Å². The molecule has 0 saturated heterocycles. The summed E-state index contributed by atoms with van der Waals surface area (Å²) >= 11 is 0. The fourth-order valence-electron chi connectivity index (χ4n) is 1.14. The largest absolute Gasteiger partial charge is 0.480 e. The second kappa shape index (κ2) is 2.84. The smallest absolute Gasteiger partial charge is 0.324 e. The van der Waals surface area contributed by atoms with Crippen LogP contribution < -0.4 is 5.73 Å². The highest BCUT2D eigenvalue weighted by atomic mass is 16.4. The molecule has 56 valence electrons. The predicted molar refractivity (Wildman–Crippen MR) is 37.5 cm³/mol. The number of carboxylic acids is 1. The monoisotopic (exact) mass is 141 g/mol. The molecular weight excluding hydrogens is 130 g/mol. The first-order valence-electron chi connectivity index (χ1n) is 3.39. The van der Waals surface area contributed by atoms with E-state index in [1.807, 2.05) is 6.08 Å². The molecule has 0 amide bonds. The third kappa shape index (κ3) is 1.36. The molecule has 1 rings (SSSR count). The summed E-state index contributed by atoms with van der Waals surface area (Å²) in [5, 5.41) is 8.48. The van der Waals surface area contributed by atoms with E-state index in [0.717, 1.165) is 24.8 Å². The van der Waals surface area contributed by atoms with Crippen molar-refractivity contribution in [3.63, 3.8) is 0 Å². The molecule has 0 radical (unpaired) electrons. The molecule has 0 saturated carbocycles. The molecule has 0 heterocycles. The molecule has 0 bridgehead atoms. The number of carbonyl (C=O) groups is 1. The zero-order chi connectivity index (χ0) is 7.56. The van der Waals surface area contributed by atoms with Gasteiger partial charge in [0.15, 0.2) is 0 Å². The number of aliphatic carboxylic acids is 1. The highest BCUT2D eigenvalue weighted by Gasteiger charge is 2.18. The van der Waals surface area contributed by atoms with E-state index in [0.29, 0.717) is 0 Å². The van der Waals surface area contributed by atoms with Gasteiger partial charge in [-0.1, -0.05) is 6.08 Å². The quantitative estimate of drug-likeness (QED) is 0.551. The maximum absolute atomic E-state index is 10.3. The summed E-state index contributed by atoms with van der Waals surface area (Å²) in [7, 11) is 0. The van der Waals surface area contributed by atoms with Gasteiger partial charge in [0.25, 0.3) is 0 Å². The summed E-state index contributed by atoms with van der Waals surface area (Å²) in [5.74, 6) is -0.923. The minimum atomic E-state index is -0.923. The third-order valence-corrected chi connectivity index (χ3v) is 1.74. The van der Waals surface area contributed by atoms with E-state index in [2.05, 4.69) is 0 Å². The Balaban J connectivity index is 2.55. The molecule has 0 aromatic heterocycles. The molecule has 0 aliphatic heterocycles. The van der Waals surface area contributed by atoms with Crippen molar-refractivity contribution in [2.75, 3.05) is 0 Å². The molecule has 0 fully saturated rings. The Labute approximate surface area is 59.5 Å². The zero-order valence-corrected chi connectivity index (χ0v) is 5.71. The summed E-state index contributed by atoms with van der Waals surface area (Å²) in [5.41, 5.74) is 6.24. The van der Waals surface area contributed by atoms with Crippen LogP contribution in [0.15, 0.2) is 11.6 Å². The lowest BCUT2D eigenvalue weighted by molar-refractivity contribution is -0.137. The molecule has 1 aliphatic carbocycles. The fraction of sp³-hybridized carbons (Fsp3) is 0.571. The Kier molecular flexibility index (Phi) is 2.06. The molecule has 3 N–H and O–H groups in total. The predicted octanol–water partition coefficient (Wildman–Crippen LogP) is 0.509. The maximum atomic E-state index is 10.3. The zero-order valence-electron chi connectivity index (χ0n) is 5.71. The van der Waals surface area contributed by atoms with Crippen LogP contribution in [0.1, 0.15) is 19.3 Å². The molecule has 1 aliphatic rings. The SMILES string of the molecule is N[C@H](C(=O)O)C1=CCCC1. The van der Waals surface area contributed by atoms with Crippen LogP contribution in [0.2, 0.25) is 0 Å². The minimum absolute atomic E-state index is 0.762. The Morgan fingerprint density at radius 3 is 2.90 bits per heavy atom. The number of hydrogen-bond donors (Lipinski definition) is 2. The minimum Gasteiger partial charge on any atom is -0.480 e. The van der Waals surface area contributed by atoms with E-state index < -0.39 is 12.0 Å². The van der Waals surface area contributed by atoms with Crippen LogP contribution in [0.5, 0.6) is 0 Å². The van der Waals surface area contributed by atoms with Crippen LogP contribution in [0, 0.1) is 0 Å². The molecule has 3 nitrogen and oxygen atoms in total. The Morgan fingerprint density at radius 1 is 1.80 bits per heavy atom. The van der Waals surface area contributed by atoms with Gasteiger partial charge >= 0.3 is 5.97 Å². The molecule has 1 atom stereocenters. The average Bonchev–Trinajstić information content (AvgIpc) is 2.36. The van der Waals surface area contributed by atoms with Crippen LogP contribution in [0.4, 0.5) is 0 Å². The van der Waals surface area contributed by atoms with Crippen LogP contribution in [-0.2, 0) is 4.79 Å². The topological polar surface area (TPSA) is 63.3 Å². The Morgan fingerprint density at radius 2 is 2.50 bits per heavy atom. The van der Waals surface area contributed by atoms with E-state index in [9.17, 15) is 4.79 Å². The molecule has 0 aromatic carbocycles. The molecule has 0 spiro atoms. The number of allylic oxidation sites excluding steroid dienone is 1. The van der Waals surface area contributed by atoms with Crippen LogP contribution in [0.25, 0.3) is 0 Å². The van der Waals surface area contributed by atoms with Crippen molar-refractivity contribution < 1.29 is 9.90 Å². The maximum Gasteiger partial charge on any atom is 0.324 e. The van der Waals surface area contributed by atoms with Gasteiger partial charge in [0.05, 0.1) is 0 Å². The normalized spacial score (nSPS) is 20.3. The van der Waals surface area contributed by atoms with Crippen LogP contribution in [0.3, 0.4) is 0 Å². The van der Waals surface area contributed by atoms with Crippen molar-refractivity contribution in [2.45, 2.75) is 25.3 Å². The first kappa shape index (κ1) is 7.28. The Bertz CT molecular complexity index is 174. The van der Waals surface area contributed by atoms with Crippen LogP contribution >= 0.6 is 0 Å². The molecule has 10 heavy (non-hydrogen) atoms. The van der Waals surface area contributed by atoms with Crippen molar-refractivity contribution in [3.05, 3.63) is 11.6 Å². The highest BCUT2D eigenvalue weighted by molar-refractivity contribution is 5.77. The number of nitrogens with two attached hydrogens (primary N) is 1. The van der Waals surface area contributed by atoms with Crippen molar-refractivity contribution in [1.82, 2.24) is 0 Å². The third-order valence-electron chi connectivity index (χ3n) is 1.74. The standard InChI is InChI=1S/C7H11NO2/c8-6(7(9)10)5-3-1-2-4-5/h3,6H,1-2,4,8H2,(H,9,10)/t6-/m0/s1. The van der Waals surface area contributed by atoms with Gasteiger partial charge in [-0.15, -0.1) is 0 Å². The van der Waals surface area contributed by atoms with E-state index in [4.69, 9.17) is 10.8 Å². The highest BCUT2D eigenvalue weighted by Crippen LogP contribution is 2.19. The first-order chi connectivity index (χ1) is 4.72. The van der Waals surface area contributed by atoms with Crippen molar-refractivity contribution in [1.29, 1.82) is 0 Å². The summed E-state index contributed by atoms with van der Waals surface area (Å²) in [6, 6.07) is -0.762. The average molecular weight is 141 g/mol. The molecular formula is C7H11NO2. The first-order valence-corrected chi connectivity index (χ1v) is 3.39. The second-order valence-electron chi connectivity index (χ2n) is 2.49. The van der Waals surface area contributed by atoms with E-state index in [1.165, 1.54) is 0 Å². The van der Waals surface area contributed by atoms with Crippen molar-refractivity contribution in [3.8, 4) is 0 Å². The Hall–Kier alpha value is -0.830. The fourth-order valence-corrected chi connectivity index (χ4v) is 1.14. The van der Waals surface area contributed by atoms with Gasteiger partial charge in [-0.05, 0) is 24.8 Å². The lowest BCUT2D eigenvalue weighted by Gasteiger charge is -2.05. The van der Waals surface area contributed by atoms with Gasteiger partial charge in [0, 0.05) is 0 Å². The summed E-state index contributed by atoms with van der Waals surface area (Å²) < 4.78 is 0. The molecule has 0 unspecified atom stereocenters. The molecule has 0 aromatic rings. The summed E-state index contributed by atoms with van der Waals surface area (Å²) in [4.78, 5) is 10.3. The number of hydrogen-bond acceptors (Lipinski definition) is 2.